The van der Waals surface area contributed by atoms with Gasteiger partial charge in [-0.25, -0.2) is 0 Å². The summed E-state index contributed by atoms with van der Waals surface area (Å²) in [5.41, 5.74) is 3.62. The Bertz CT molecular complexity index is 696. The fourth-order valence-corrected chi connectivity index (χ4v) is 3.80. The van der Waals surface area contributed by atoms with Crippen LogP contribution in [0.5, 0.6) is 0 Å². The van der Waals surface area contributed by atoms with Crippen LogP contribution in [-0.2, 0) is 14.4 Å². The number of likely N-dealkylation sites (tertiary alicyclic amines) is 1. The highest BCUT2D eigenvalue weighted by atomic mass is 16.4. The number of amides is 2. The molecule has 29 heavy (non-hydrogen) atoms. The van der Waals surface area contributed by atoms with Gasteiger partial charge in [-0.3, -0.25) is 14.4 Å². The molecule has 0 saturated carbocycles. The first-order valence-electron chi connectivity index (χ1n) is 10.4. The summed E-state index contributed by atoms with van der Waals surface area (Å²) in [6.07, 6.45) is 8.90. The largest absolute Gasteiger partial charge is 0.481 e. The van der Waals surface area contributed by atoms with Crippen molar-refractivity contribution in [3.8, 4) is 0 Å². The fraction of sp³-hybridized carbons (Fsp3) is 0.591. The lowest BCUT2D eigenvalue weighted by atomic mass is 9.91. The van der Waals surface area contributed by atoms with Crippen molar-refractivity contribution in [1.82, 2.24) is 15.5 Å². The summed E-state index contributed by atoms with van der Waals surface area (Å²) in [7, 11) is 0. The molecule has 0 radical (unpaired) electrons. The number of nitrogens with one attached hydrogen (secondary N) is 2. The predicted octanol–water partition coefficient (Wildman–Crippen LogP) is 2.37. The Morgan fingerprint density at radius 1 is 1.34 bits per heavy atom. The zero-order chi connectivity index (χ0) is 21.2. The summed E-state index contributed by atoms with van der Waals surface area (Å²) < 4.78 is 0. The van der Waals surface area contributed by atoms with Crippen LogP contribution in [0.3, 0.4) is 0 Å². The third-order valence-corrected chi connectivity index (χ3v) is 5.41. The van der Waals surface area contributed by atoms with E-state index in [4.69, 9.17) is 5.11 Å². The maximum Gasteiger partial charge on any atom is 0.305 e. The summed E-state index contributed by atoms with van der Waals surface area (Å²) in [5, 5.41) is 14.5. The summed E-state index contributed by atoms with van der Waals surface area (Å²) >= 11 is 0. The first-order chi connectivity index (χ1) is 13.8. The summed E-state index contributed by atoms with van der Waals surface area (Å²) in [5.74, 6) is -1.25. The molecule has 7 nitrogen and oxygen atoms in total. The number of carbonyl (C=O) groups excluding carboxylic acids is 2. The highest BCUT2D eigenvalue weighted by molar-refractivity contribution is 5.97. The van der Waals surface area contributed by atoms with Crippen LogP contribution in [0.25, 0.3) is 0 Å². The first-order valence-corrected chi connectivity index (χ1v) is 10.4. The molecule has 0 aromatic heterocycles. The molecule has 1 atom stereocenters. The Morgan fingerprint density at radius 2 is 2.14 bits per heavy atom. The van der Waals surface area contributed by atoms with Crippen LogP contribution in [-0.4, -0.2) is 54.0 Å². The highest BCUT2D eigenvalue weighted by Gasteiger charge is 2.25. The number of rotatable bonds is 9. The molecule has 160 valence electrons. The minimum Gasteiger partial charge on any atom is -0.481 e. The smallest absolute Gasteiger partial charge is 0.305 e. The van der Waals surface area contributed by atoms with Crippen LogP contribution < -0.4 is 10.6 Å². The molecular weight excluding hydrogens is 370 g/mol. The van der Waals surface area contributed by atoms with Gasteiger partial charge in [-0.2, -0.15) is 0 Å². The molecule has 0 spiro atoms. The van der Waals surface area contributed by atoms with Crippen molar-refractivity contribution in [2.24, 2.45) is 5.92 Å². The van der Waals surface area contributed by atoms with E-state index in [0.717, 1.165) is 44.2 Å². The van der Waals surface area contributed by atoms with E-state index in [1.807, 2.05) is 0 Å². The molecule has 3 N–H and O–H groups in total. The molecule has 1 fully saturated rings. The van der Waals surface area contributed by atoms with Crippen molar-refractivity contribution >= 4 is 17.8 Å². The number of carboxylic acids is 1. The third kappa shape index (κ3) is 8.13. The van der Waals surface area contributed by atoms with E-state index >= 15 is 0 Å². The van der Waals surface area contributed by atoms with Gasteiger partial charge in [-0.1, -0.05) is 24.3 Å². The minimum absolute atomic E-state index is 0.0433. The first kappa shape index (κ1) is 22.7. The molecule has 1 saturated heterocycles. The zero-order valence-corrected chi connectivity index (χ0v) is 17.3. The van der Waals surface area contributed by atoms with Crippen molar-refractivity contribution in [2.45, 2.75) is 51.9 Å². The number of hydrogen-bond donors (Lipinski definition) is 3. The Morgan fingerprint density at radius 3 is 2.86 bits per heavy atom. The van der Waals surface area contributed by atoms with Gasteiger partial charge >= 0.3 is 5.97 Å². The van der Waals surface area contributed by atoms with Crippen LogP contribution in [0, 0.1) is 5.92 Å². The SMILES string of the molecule is C=C(/C=C\C1=C(C)NCCC1)CC1CCCN(C(=O)CC(=O)NCCC(=O)O)C1. The molecule has 2 aliphatic heterocycles. The van der Waals surface area contributed by atoms with E-state index in [2.05, 4.69) is 36.3 Å². The van der Waals surface area contributed by atoms with Crippen LogP contribution in [0.1, 0.15) is 51.9 Å². The van der Waals surface area contributed by atoms with Gasteiger partial charge in [0.2, 0.25) is 11.8 Å². The van der Waals surface area contributed by atoms with Gasteiger partial charge in [0.1, 0.15) is 6.42 Å². The fourth-order valence-electron chi connectivity index (χ4n) is 3.80. The maximum absolute atomic E-state index is 12.4. The van der Waals surface area contributed by atoms with Crippen LogP contribution in [0.15, 0.2) is 35.6 Å². The molecular formula is C22H33N3O4. The number of piperidine rings is 1. The standard InChI is InChI=1S/C22H33N3O4/c1-16(7-8-19-6-3-10-23-17(19)2)13-18-5-4-12-25(15-18)21(27)14-20(26)24-11-9-22(28)29/h7-8,18,23H,1,3-6,9-15H2,2H3,(H,24,26)(H,28,29)/b8-7-. The van der Waals surface area contributed by atoms with Gasteiger partial charge in [-0.15, -0.1) is 0 Å². The number of carbonyl (C=O) groups is 3. The van der Waals surface area contributed by atoms with E-state index in [0.29, 0.717) is 19.0 Å². The highest BCUT2D eigenvalue weighted by Crippen LogP contribution is 2.24. The van der Waals surface area contributed by atoms with Gasteiger partial charge in [0.05, 0.1) is 6.42 Å². The second-order valence-electron chi connectivity index (χ2n) is 7.89. The summed E-state index contributed by atoms with van der Waals surface area (Å²) in [6, 6.07) is 0. The maximum atomic E-state index is 12.4. The van der Waals surface area contributed by atoms with Gasteiger partial charge in [-0.05, 0) is 50.5 Å². The molecule has 0 aromatic rings. The van der Waals surface area contributed by atoms with Gasteiger partial charge < -0.3 is 20.6 Å². The van der Waals surface area contributed by atoms with Gasteiger partial charge in [0.15, 0.2) is 0 Å². The lowest BCUT2D eigenvalue weighted by molar-refractivity contribution is -0.137. The number of allylic oxidation sites excluding steroid dienone is 5. The van der Waals surface area contributed by atoms with Crippen molar-refractivity contribution in [3.05, 3.63) is 35.6 Å². The Kier molecular flexibility index (Phi) is 8.96. The zero-order valence-electron chi connectivity index (χ0n) is 17.3. The van der Waals surface area contributed by atoms with E-state index in [9.17, 15) is 14.4 Å². The van der Waals surface area contributed by atoms with Gasteiger partial charge in [0, 0.05) is 31.9 Å². The minimum atomic E-state index is -0.976. The van der Waals surface area contributed by atoms with Crippen LogP contribution >= 0.6 is 0 Å². The Labute approximate surface area is 172 Å². The van der Waals surface area contributed by atoms with Crippen molar-refractivity contribution in [2.75, 3.05) is 26.2 Å². The quantitative estimate of drug-likeness (QED) is 0.405. The number of hydrogen-bond acceptors (Lipinski definition) is 4. The molecule has 2 amide bonds. The number of carboxylic acid groups (broad SMARTS) is 1. The van der Waals surface area contributed by atoms with E-state index in [1.54, 1.807) is 4.90 Å². The molecule has 0 aromatic carbocycles. The lowest BCUT2D eigenvalue weighted by Gasteiger charge is -2.33. The van der Waals surface area contributed by atoms with E-state index < -0.39 is 11.9 Å². The molecule has 1 unspecified atom stereocenters. The topological polar surface area (TPSA) is 98.7 Å². The van der Waals surface area contributed by atoms with Crippen molar-refractivity contribution in [1.29, 1.82) is 0 Å². The Balaban J connectivity index is 1.77. The average Bonchev–Trinajstić information content (AvgIpc) is 2.67. The second kappa shape index (κ2) is 11.4. The van der Waals surface area contributed by atoms with Crippen molar-refractivity contribution in [3.63, 3.8) is 0 Å². The Hall–Kier alpha value is -2.57. The monoisotopic (exact) mass is 403 g/mol. The predicted molar refractivity (Wildman–Crippen MR) is 112 cm³/mol. The van der Waals surface area contributed by atoms with Crippen LogP contribution in [0.2, 0.25) is 0 Å². The normalized spacial score (nSPS) is 19.8. The molecule has 2 rings (SSSR count). The molecule has 0 aliphatic carbocycles. The summed E-state index contributed by atoms with van der Waals surface area (Å²) in [4.78, 5) is 36.5. The van der Waals surface area contributed by atoms with E-state index in [1.165, 1.54) is 11.3 Å². The average molecular weight is 404 g/mol. The van der Waals surface area contributed by atoms with E-state index in [-0.39, 0.29) is 25.3 Å². The third-order valence-electron chi connectivity index (χ3n) is 5.41. The number of nitrogens with zero attached hydrogens (tertiary/aromatic N) is 1. The second-order valence-corrected chi connectivity index (χ2v) is 7.89. The van der Waals surface area contributed by atoms with Gasteiger partial charge in [0.25, 0.3) is 0 Å². The van der Waals surface area contributed by atoms with Crippen LogP contribution in [0.4, 0.5) is 0 Å². The lowest BCUT2D eigenvalue weighted by Crippen LogP contribution is -2.42. The summed E-state index contributed by atoms with van der Waals surface area (Å²) in [6.45, 7) is 8.66. The molecule has 0 bridgehead atoms. The number of aliphatic carboxylic acids is 1. The van der Waals surface area contributed by atoms with Crippen molar-refractivity contribution < 1.29 is 19.5 Å². The molecule has 7 heteroatoms. The molecule has 2 aliphatic rings. The molecule has 2 heterocycles.